The molecule has 0 bridgehead atoms. The Bertz CT molecular complexity index is 348. The van der Waals surface area contributed by atoms with Crippen molar-refractivity contribution in [2.24, 2.45) is 0 Å². The Balaban J connectivity index is -0.000000113. The van der Waals surface area contributed by atoms with Gasteiger partial charge in [-0.05, 0) is 68.7 Å². The lowest BCUT2D eigenvalue weighted by atomic mass is 10.3. The van der Waals surface area contributed by atoms with E-state index in [1.54, 1.807) is 6.92 Å². The van der Waals surface area contributed by atoms with Gasteiger partial charge in [0.05, 0.1) is 12.7 Å². The predicted octanol–water partition coefficient (Wildman–Crippen LogP) is 6.94. The fraction of sp³-hybridized carbons (Fsp3) is 0.667. The van der Waals surface area contributed by atoms with Gasteiger partial charge >= 0.3 is 0 Å². The van der Waals surface area contributed by atoms with Gasteiger partial charge in [0.15, 0.2) is 0 Å². The molecule has 2 fully saturated rings. The van der Waals surface area contributed by atoms with E-state index in [2.05, 4.69) is 84.0 Å². The Morgan fingerprint density at radius 2 is 1.50 bits per heavy atom. The van der Waals surface area contributed by atoms with Crippen LogP contribution in [0.5, 0.6) is 0 Å². The molecule has 0 spiro atoms. The quantitative estimate of drug-likeness (QED) is 0.327. The van der Waals surface area contributed by atoms with E-state index in [4.69, 9.17) is 4.74 Å². The highest BCUT2D eigenvalue weighted by Gasteiger charge is 2.13. The molecule has 2 atom stereocenters. The summed E-state index contributed by atoms with van der Waals surface area (Å²) in [5, 5.41) is 3.10. The first kappa shape index (κ1) is 32.4. The zero-order valence-corrected chi connectivity index (χ0v) is 19.4. The molecule has 0 aromatic carbocycles. The highest BCUT2D eigenvalue weighted by atomic mass is 16.6. The largest absolute Gasteiger partial charge is 0.373 e. The molecule has 2 heterocycles. The molecule has 2 rings (SSSR count). The zero-order valence-electron chi connectivity index (χ0n) is 19.4. The molecule has 2 heteroatoms. The van der Waals surface area contributed by atoms with Gasteiger partial charge in [0.2, 0.25) is 0 Å². The summed E-state index contributed by atoms with van der Waals surface area (Å²) in [6.07, 6.45) is 14.0. The minimum absolute atomic E-state index is 0.583. The maximum Gasteiger partial charge on any atom is 0.0781 e. The molecule has 154 valence electrons. The average Bonchev–Trinajstić information content (AvgIpc) is 3.48. The Labute approximate surface area is 166 Å². The summed E-state index contributed by atoms with van der Waals surface area (Å²) >= 11 is 0. The smallest absolute Gasteiger partial charge is 0.0781 e. The first-order chi connectivity index (χ1) is 12.1. The van der Waals surface area contributed by atoms with E-state index in [1.165, 1.54) is 30.5 Å². The second-order valence-electron chi connectivity index (χ2n) is 6.67. The summed E-state index contributed by atoms with van der Waals surface area (Å²) in [6, 6.07) is 0.833. The Kier molecular flexibility index (Phi) is 35.5. The van der Waals surface area contributed by atoms with Crippen molar-refractivity contribution in [2.45, 2.75) is 94.2 Å². The van der Waals surface area contributed by atoms with Gasteiger partial charge in [0.25, 0.3) is 0 Å². The van der Waals surface area contributed by atoms with Crippen LogP contribution in [0.1, 0.15) is 82.1 Å². The lowest BCUT2D eigenvalue weighted by Crippen LogP contribution is -1.72. The van der Waals surface area contributed by atoms with E-state index in [0.717, 1.165) is 12.6 Å². The highest BCUT2D eigenvalue weighted by Crippen LogP contribution is 2.04. The summed E-state index contributed by atoms with van der Waals surface area (Å²) in [5.74, 6) is 2.25. The van der Waals surface area contributed by atoms with Crippen LogP contribution in [0.25, 0.3) is 0 Å². The normalized spacial score (nSPS) is 17.3. The monoisotopic (exact) mass is 365 g/mol. The summed E-state index contributed by atoms with van der Waals surface area (Å²) < 4.78 is 4.71. The van der Waals surface area contributed by atoms with Crippen molar-refractivity contribution in [1.82, 2.24) is 5.32 Å². The van der Waals surface area contributed by atoms with E-state index in [0.29, 0.717) is 6.10 Å². The SMILES string of the molecule is C#CC.C=C(C)C.CC1CN1.CC1CO1.CC=C(C)C.CC=CCCC. The zero-order chi connectivity index (χ0) is 21.4. The molecule has 2 nitrogen and oxygen atoms in total. The molecule has 2 unspecified atom stereocenters. The lowest BCUT2D eigenvalue weighted by molar-refractivity contribution is 0.423. The fourth-order valence-corrected chi connectivity index (χ4v) is 0.547. The molecule has 2 saturated heterocycles. The molecule has 26 heavy (non-hydrogen) atoms. The lowest BCUT2D eigenvalue weighted by Gasteiger charge is -1.76. The van der Waals surface area contributed by atoms with Gasteiger partial charge in [-0.2, -0.15) is 0 Å². The van der Waals surface area contributed by atoms with E-state index < -0.39 is 0 Å². The Morgan fingerprint density at radius 1 is 1.23 bits per heavy atom. The van der Waals surface area contributed by atoms with Crippen LogP contribution in [0.4, 0.5) is 0 Å². The van der Waals surface area contributed by atoms with Crippen molar-refractivity contribution >= 4 is 0 Å². The molecule has 0 aliphatic carbocycles. The maximum absolute atomic E-state index is 4.71. The number of allylic oxidation sites excluding steroid dienone is 5. The second kappa shape index (κ2) is 28.5. The van der Waals surface area contributed by atoms with Gasteiger partial charge in [0.1, 0.15) is 0 Å². The third-order valence-electron chi connectivity index (χ3n) is 2.38. The molecule has 1 N–H and O–H groups in total. The number of rotatable bonds is 2. The number of ether oxygens (including phenoxy) is 1. The summed E-state index contributed by atoms with van der Waals surface area (Å²) in [6.45, 7) is 26.0. The Hall–Kier alpha value is -1.30. The van der Waals surface area contributed by atoms with Crippen molar-refractivity contribution in [1.29, 1.82) is 0 Å². The summed E-state index contributed by atoms with van der Waals surface area (Å²) in [4.78, 5) is 0. The van der Waals surface area contributed by atoms with Crippen molar-refractivity contribution < 1.29 is 4.74 Å². The van der Waals surface area contributed by atoms with Crippen LogP contribution in [0.3, 0.4) is 0 Å². The van der Waals surface area contributed by atoms with Gasteiger partial charge in [-0.25, -0.2) is 0 Å². The van der Waals surface area contributed by atoms with Crippen LogP contribution < -0.4 is 5.32 Å². The van der Waals surface area contributed by atoms with Crippen molar-refractivity contribution in [3.63, 3.8) is 0 Å². The van der Waals surface area contributed by atoms with Gasteiger partial charge in [-0.1, -0.05) is 42.7 Å². The molecular formula is C24H47NO. The van der Waals surface area contributed by atoms with E-state index in [9.17, 15) is 0 Å². The van der Waals surface area contributed by atoms with Crippen molar-refractivity contribution in [3.8, 4) is 12.3 Å². The molecule has 2 aliphatic rings. The van der Waals surface area contributed by atoms with Crippen LogP contribution in [0, 0.1) is 12.3 Å². The highest BCUT2D eigenvalue weighted by molar-refractivity contribution is 4.88. The van der Waals surface area contributed by atoms with Crippen molar-refractivity contribution in [2.75, 3.05) is 13.2 Å². The second-order valence-corrected chi connectivity index (χ2v) is 6.67. The van der Waals surface area contributed by atoms with Gasteiger partial charge in [0, 0.05) is 12.6 Å². The molecule has 0 aromatic rings. The molecule has 0 radical (unpaired) electrons. The van der Waals surface area contributed by atoms with E-state index >= 15 is 0 Å². The van der Waals surface area contributed by atoms with Crippen LogP contribution in [-0.2, 0) is 4.74 Å². The van der Waals surface area contributed by atoms with Gasteiger partial charge in [-0.15, -0.1) is 18.9 Å². The third kappa shape index (κ3) is 114. The number of hydrogen-bond donors (Lipinski definition) is 1. The number of terminal acetylenes is 1. The van der Waals surface area contributed by atoms with Crippen LogP contribution in [-0.4, -0.2) is 25.3 Å². The first-order valence-electron chi connectivity index (χ1n) is 9.67. The Morgan fingerprint density at radius 3 is 1.54 bits per heavy atom. The third-order valence-corrected chi connectivity index (χ3v) is 2.38. The molecular weight excluding hydrogens is 318 g/mol. The maximum atomic E-state index is 4.71. The molecule has 0 saturated carbocycles. The average molecular weight is 366 g/mol. The van der Waals surface area contributed by atoms with E-state index in [-0.39, 0.29) is 0 Å². The number of hydrogen-bond acceptors (Lipinski definition) is 2. The number of unbranched alkanes of at least 4 members (excludes halogenated alkanes) is 1. The van der Waals surface area contributed by atoms with Gasteiger partial charge in [-0.3, -0.25) is 0 Å². The fourth-order valence-electron chi connectivity index (χ4n) is 0.547. The van der Waals surface area contributed by atoms with E-state index in [1.807, 2.05) is 20.8 Å². The van der Waals surface area contributed by atoms with Crippen LogP contribution >= 0.6 is 0 Å². The van der Waals surface area contributed by atoms with Crippen LogP contribution in [0.15, 0.2) is 36.0 Å². The topological polar surface area (TPSA) is 34.5 Å². The van der Waals surface area contributed by atoms with Gasteiger partial charge < -0.3 is 10.1 Å². The molecule has 2 aliphatic heterocycles. The minimum atomic E-state index is 0.583. The minimum Gasteiger partial charge on any atom is -0.373 e. The first-order valence-corrected chi connectivity index (χ1v) is 9.67. The van der Waals surface area contributed by atoms with Crippen LogP contribution in [0.2, 0.25) is 0 Å². The standard InChI is InChI=1S/C6H12.C5H10.C4H8.C3H7N.C3H6O.C3H4/c1-3-5-6-4-2;1-4-5(2)3;1-4(2)3;2*1-3-2-4-3;1-3-2/h3,5H,4,6H2,1-2H3;4H,1-3H3;1H2,2-3H3;3-4H,2H2,1H3;3H,2H2,1H3;1H,2H3. The molecule has 0 amide bonds. The summed E-state index contributed by atoms with van der Waals surface area (Å²) in [5.41, 5.74) is 2.55. The number of nitrogens with one attached hydrogen (secondary N) is 1. The predicted molar refractivity (Wildman–Crippen MR) is 123 cm³/mol. The number of epoxide rings is 1. The summed E-state index contributed by atoms with van der Waals surface area (Å²) in [7, 11) is 0. The molecule has 0 aromatic heterocycles. The van der Waals surface area contributed by atoms with Crippen molar-refractivity contribution in [3.05, 3.63) is 36.0 Å².